The summed E-state index contributed by atoms with van der Waals surface area (Å²) in [4.78, 5) is 9.78. The summed E-state index contributed by atoms with van der Waals surface area (Å²) in [5.41, 5.74) is 6.64. The first-order chi connectivity index (χ1) is 16.1. The van der Waals surface area contributed by atoms with Gasteiger partial charge in [0.15, 0.2) is 0 Å². The van der Waals surface area contributed by atoms with Crippen LogP contribution in [-0.4, -0.2) is 23.3 Å². The number of nitrogens with one attached hydrogen (secondary N) is 1. The molecule has 0 aliphatic carbocycles. The summed E-state index contributed by atoms with van der Waals surface area (Å²) in [6.45, 7) is 5.29. The second kappa shape index (κ2) is 9.44. The Morgan fingerprint density at radius 3 is 2.48 bits per heavy atom. The molecule has 3 heterocycles. The van der Waals surface area contributed by atoms with Crippen LogP contribution in [0.3, 0.4) is 0 Å². The average Bonchev–Trinajstić information content (AvgIpc) is 3.23. The Hall–Kier alpha value is -3.04. The van der Waals surface area contributed by atoms with Gasteiger partial charge < -0.3 is 5.32 Å². The monoisotopic (exact) mass is 435 g/mol. The number of piperidine rings is 1. The number of aromatic nitrogens is 1. The predicted molar refractivity (Wildman–Crippen MR) is 138 cm³/mol. The molecule has 3 atom stereocenters. The molecule has 0 amide bonds. The van der Waals surface area contributed by atoms with E-state index in [-0.39, 0.29) is 5.54 Å². The highest BCUT2D eigenvalue weighted by Gasteiger charge is 2.28. The summed E-state index contributed by atoms with van der Waals surface area (Å²) in [5, 5.41) is 3.80. The van der Waals surface area contributed by atoms with Crippen molar-refractivity contribution < 1.29 is 0 Å². The lowest BCUT2D eigenvalue weighted by Gasteiger charge is -2.32. The molecule has 0 radical (unpaired) electrons. The van der Waals surface area contributed by atoms with Crippen LogP contribution in [0.1, 0.15) is 55.8 Å². The highest BCUT2D eigenvalue weighted by atomic mass is 14.9. The second-order valence-corrected chi connectivity index (χ2v) is 9.62. The van der Waals surface area contributed by atoms with E-state index in [9.17, 15) is 0 Å². The lowest BCUT2D eigenvalue weighted by atomic mass is 9.82. The van der Waals surface area contributed by atoms with Gasteiger partial charge in [0.2, 0.25) is 0 Å². The number of benzene rings is 2. The number of aliphatic imine (C=N–C) groups is 1. The Balaban J connectivity index is 1.41. The normalized spacial score (nSPS) is 23.3. The lowest BCUT2D eigenvalue weighted by Crippen LogP contribution is -2.39. The van der Waals surface area contributed by atoms with Crippen molar-refractivity contribution >= 4 is 5.71 Å². The van der Waals surface area contributed by atoms with E-state index in [4.69, 9.17) is 9.98 Å². The van der Waals surface area contributed by atoms with E-state index in [1.807, 2.05) is 6.92 Å². The Morgan fingerprint density at radius 1 is 0.970 bits per heavy atom. The number of nitrogens with zero attached hydrogens (tertiary/aromatic N) is 2. The number of rotatable bonds is 6. The standard InChI is InChI=1S/C30H33N3/c1-22-18-19-30(2,33-22)29-13-8-12-27(32-29)25-16-14-24(15-17-25)26(28-11-6-7-20-31-28)21-23-9-4-3-5-10-23/h3-5,8-10,12-19,26,28,31H,6-7,11,20-21H2,1-2H3. The fraction of sp³-hybridized carbons (Fsp3) is 0.333. The van der Waals surface area contributed by atoms with E-state index in [1.54, 1.807) is 0 Å². The molecule has 3 nitrogen and oxygen atoms in total. The topological polar surface area (TPSA) is 37.3 Å². The molecule has 1 N–H and O–H groups in total. The van der Waals surface area contributed by atoms with Crippen molar-refractivity contribution in [3.05, 3.63) is 102 Å². The first-order valence-electron chi connectivity index (χ1n) is 12.2. The van der Waals surface area contributed by atoms with Crippen LogP contribution in [0.5, 0.6) is 0 Å². The molecule has 5 rings (SSSR count). The van der Waals surface area contributed by atoms with Crippen LogP contribution in [-0.2, 0) is 12.0 Å². The zero-order valence-corrected chi connectivity index (χ0v) is 19.7. The fourth-order valence-corrected chi connectivity index (χ4v) is 5.23. The molecule has 1 aromatic heterocycles. The SMILES string of the molecule is CC1=NC(C)(c2cccc(-c3ccc(C(Cc4ccccc4)C4CCCCN4)cc3)n2)C=C1. The van der Waals surface area contributed by atoms with Crippen molar-refractivity contribution in [2.45, 2.75) is 57.0 Å². The molecule has 3 heteroatoms. The summed E-state index contributed by atoms with van der Waals surface area (Å²) in [6, 6.07) is 26.8. The highest BCUT2D eigenvalue weighted by molar-refractivity contribution is 5.95. The maximum atomic E-state index is 4.99. The summed E-state index contributed by atoms with van der Waals surface area (Å²) < 4.78 is 0. The van der Waals surface area contributed by atoms with Gasteiger partial charge in [-0.15, -0.1) is 0 Å². The van der Waals surface area contributed by atoms with E-state index < -0.39 is 0 Å². The zero-order chi connectivity index (χ0) is 22.7. The van der Waals surface area contributed by atoms with Gasteiger partial charge in [-0.25, -0.2) is 4.98 Å². The van der Waals surface area contributed by atoms with Gasteiger partial charge in [-0.2, -0.15) is 0 Å². The Labute approximate surface area is 197 Å². The zero-order valence-electron chi connectivity index (χ0n) is 19.7. The van der Waals surface area contributed by atoms with E-state index >= 15 is 0 Å². The molecule has 3 aromatic rings. The van der Waals surface area contributed by atoms with Crippen molar-refractivity contribution in [3.63, 3.8) is 0 Å². The molecular weight excluding hydrogens is 402 g/mol. The van der Waals surface area contributed by atoms with E-state index in [2.05, 4.69) is 97.2 Å². The third-order valence-electron chi connectivity index (χ3n) is 7.09. The summed E-state index contributed by atoms with van der Waals surface area (Å²) >= 11 is 0. The average molecular weight is 436 g/mol. The molecule has 1 fully saturated rings. The molecule has 0 saturated carbocycles. The molecule has 0 spiro atoms. The van der Waals surface area contributed by atoms with Crippen LogP contribution in [0.4, 0.5) is 0 Å². The lowest BCUT2D eigenvalue weighted by molar-refractivity contribution is 0.348. The number of hydrogen-bond acceptors (Lipinski definition) is 3. The Kier molecular flexibility index (Phi) is 6.24. The molecule has 0 bridgehead atoms. The quantitative estimate of drug-likeness (QED) is 0.482. The molecular formula is C30H33N3. The van der Waals surface area contributed by atoms with Crippen LogP contribution in [0, 0.1) is 0 Å². The third-order valence-corrected chi connectivity index (χ3v) is 7.09. The Morgan fingerprint density at radius 2 is 1.79 bits per heavy atom. The van der Waals surface area contributed by atoms with Crippen LogP contribution in [0.15, 0.2) is 89.9 Å². The maximum absolute atomic E-state index is 4.99. The first kappa shape index (κ1) is 21.8. The van der Waals surface area contributed by atoms with Crippen molar-refractivity contribution in [2.75, 3.05) is 6.54 Å². The molecule has 1 saturated heterocycles. The molecule has 168 valence electrons. The molecule has 2 aromatic carbocycles. The third kappa shape index (κ3) is 4.84. The summed E-state index contributed by atoms with van der Waals surface area (Å²) in [6.07, 6.45) is 9.13. The minimum absolute atomic E-state index is 0.368. The minimum atomic E-state index is -0.368. The molecule has 33 heavy (non-hydrogen) atoms. The smallest absolute Gasteiger partial charge is 0.118 e. The van der Waals surface area contributed by atoms with Crippen molar-refractivity contribution in [3.8, 4) is 11.3 Å². The summed E-state index contributed by atoms with van der Waals surface area (Å²) in [5.74, 6) is 0.473. The molecule has 2 aliphatic heterocycles. The van der Waals surface area contributed by atoms with Gasteiger partial charge in [0.25, 0.3) is 0 Å². The van der Waals surface area contributed by atoms with Gasteiger partial charge >= 0.3 is 0 Å². The van der Waals surface area contributed by atoms with Crippen LogP contribution >= 0.6 is 0 Å². The van der Waals surface area contributed by atoms with E-state index in [0.29, 0.717) is 12.0 Å². The molecule has 3 unspecified atom stereocenters. The van der Waals surface area contributed by atoms with E-state index in [0.717, 1.165) is 35.6 Å². The van der Waals surface area contributed by atoms with Gasteiger partial charge in [0.05, 0.1) is 11.4 Å². The number of hydrogen-bond donors (Lipinski definition) is 1. The fourth-order valence-electron chi connectivity index (χ4n) is 5.23. The van der Waals surface area contributed by atoms with Crippen molar-refractivity contribution in [2.24, 2.45) is 4.99 Å². The van der Waals surface area contributed by atoms with Crippen molar-refractivity contribution in [1.29, 1.82) is 0 Å². The number of pyridine rings is 1. The summed E-state index contributed by atoms with van der Waals surface area (Å²) in [7, 11) is 0. The number of allylic oxidation sites excluding steroid dienone is 1. The highest BCUT2D eigenvalue weighted by Crippen LogP contribution is 2.33. The van der Waals surface area contributed by atoms with Gasteiger partial charge in [-0.1, -0.05) is 67.1 Å². The Bertz CT molecular complexity index is 1140. The largest absolute Gasteiger partial charge is 0.313 e. The first-order valence-corrected chi connectivity index (χ1v) is 12.2. The second-order valence-electron chi connectivity index (χ2n) is 9.62. The van der Waals surface area contributed by atoms with Crippen LogP contribution < -0.4 is 5.32 Å². The van der Waals surface area contributed by atoms with Gasteiger partial charge in [0.1, 0.15) is 5.54 Å². The van der Waals surface area contributed by atoms with Gasteiger partial charge in [0, 0.05) is 23.2 Å². The van der Waals surface area contributed by atoms with E-state index in [1.165, 1.54) is 30.4 Å². The predicted octanol–water partition coefficient (Wildman–Crippen LogP) is 6.46. The van der Waals surface area contributed by atoms with Gasteiger partial charge in [-0.05, 0) is 75.1 Å². The van der Waals surface area contributed by atoms with Crippen molar-refractivity contribution in [1.82, 2.24) is 10.3 Å². The van der Waals surface area contributed by atoms with Crippen LogP contribution in [0.25, 0.3) is 11.3 Å². The van der Waals surface area contributed by atoms with Crippen LogP contribution in [0.2, 0.25) is 0 Å². The minimum Gasteiger partial charge on any atom is -0.313 e. The molecule has 2 aliphatic rings. The van der Waals surface area contributed by atoms with Gasteiger partial charge in [-0.3, -0.25) is 4.99 Å². The maximum Gasteiger partial charge on any atom is 0.118 e.